The maximum Gasteiger partial charge on any atom is 0.291 e. The molecule has 4 aromatic rings. The Hall–Kier alpha value is -3.19. The highest BCUT2D eigenvalue weighted by molar-refractivity contribution is 7.15. The summed E-state index contributed by atoms with van der Waals surface area (Å²) in [5.74, 6) is 2.10. The quantitative estimate of drug-likeness (QED) is 0.403. The van der Waals surface area contributed by atoms with Gasteiger partial charge in [-0.1, -0.05) is 42.9 Å². The summed E-state index contributed by atoms with van der Waals surface area (Å²) >= 11 is 1.32. The van der Waals surface area contributed by atoms with Crippen molar-refractivity contribution in [1.82, 2.24) is 14.6 Å². The van der Waals surface area contributed by atoms with Crippen molar-refractivity contribution in [1.29, 1.82) is 0 Å². The van der Waals surface area contributed by atoms with Crippen molar-refractivity contribution in [2.45, 2.75) is 26.7 Å². The van der Waals surface area contributed by atoms with E-state index < -0.39 is 0 Å². The standard InChI is InChI=1S/C23H23N3O3S/c1-3-5-14-29-18-12-10-16(11-13-18)21-24-23-26(25-21)22(27)20(30-23)15-17-8-6-7-9-19(17)28-4-2/h6-13,15H,3-5,14H2,1-2H3. The molecule has 30 heavy (non-hydrogen) atoms. The van der Waals surface area contributed by atoms with E-state index >= 15 is 0 Å². The van der Waals surface area contributed by atoms with Crippen LogP contribution in [0.2, 0.25) is 0 Å². The first-order chi connectivity index (χ1) is 14.7. The lowest BCUT2D eigenvalue weighted by Gasteiger charge is -2.05. The average Bonchev–Trinajstić information content (AvgIpc) is 3.30. The number of benzene rings is 2. The van der Waals surface area contributed by atoms with Crippen LogP contribution in [0.5, 0.6) is 11.5 Å². The van der Waals surface area contributed by atoms with Gasteiger partial charge in [0.25, 0.3) is 5.56 Å². The molecule has 2 aromatic carbocycles. The summed E-state index contributed by atoms with van der Waals surface area (Å²) in [4.78, 5) is 17.9. The molecule has 0 saturated heterocycles. The third-order valence-corrected chi connectivity index (χ3v) is 5.53. The molecule has 0 fully saturated rings. The summed E-state index contributed by atoms with van der Waals surface area (Å²) in [5, 5.41) is 4.42. The smallest absolute Gasteiger partial charge is 0.291 e. The molecule has 0 unspecified atom stereocenters. The molecule has 0 spiro atoms. The molecule has 0 aliphatic rings. The molecule has 2 aromatic heterocycles. The predicted molar refractivity (Wildman–Crippen MR) is 119 cm³/mol. The number of para-hydroxylation sites is 1. The van der Waals surface area contributed by atoms with Crippen LogP contribution in [-0.2, 0) is 0 Å². The SMILES string of the molecule is CCCCOc1ccc(-c2nc3sc(=Cc4ccccc4OCC)c(=O)n3n2)cc1. The zero-order valence-electron chi connectivity index (χ0n) is 17.0. The van der Waals surface area contributed by atoms with E-state index in [1.807, 2.05) is 61.5 Å². The van der Waals surface area contributed by atoms with E-state index in [1.165, 1.54) is 15.9 Å². The summed E-state index contributed by atoms with van der Waals surface area (Å²) in [6.07, 6.45) is 3.96. The molecule has 4 rings (SSSR count). The summed E-state index contributed by atoms with van der Waals surface area (Å²) in [5.41, 5.74) is 1.53. The number of fused-ring (bicyclic) bond motifs is 1. The summed E-state index contributed by atoms with van der Waals surface area (Å²) in [6.45, 7) is 5.34. The Morgan fingerprint density at radius 1 is 1.07 bits per heavy atom. The first kappa shape index (κ1) is 20.1. The molecule has 0 atom stereocenters. The lowest BCUT2D eigenvalue weighted by molar-refractivity contribution is 0.309. The number of aromatic nitrogens is 3. The second-order valence-corrected chi connectivity index (χ2v) is 7.75. The van der Waals surface area contributed by atoms with Crippen molar-refractivity contribution in [2.24, 2.45) is 0 Å². The monoisotopic (exact) mass is 421 g/mol. The molecule has 0 aliphatic heterocycles. The Kier molecular flexibility index (Phi) is 6.09. The van der Waals surface area contributed by atoms with Crippen molar-refractivity contribution in [2.75, 3.05) is 13.2 Å². The molecule has 0 saturated carbocycles. The minimum Gasteiger partial charge on any atom is -0.494 e. The summed E-state index contributed by atoms with van der Waals surface area (Å²) in [6, 6.07) is 15.3. The molecule has 2 heterocycles. The topological polar surface area (TPSA) is 65.7 Å². The van der Waals surface area contributed by atoms with E-state index in [0.717, 1.165) is 35.5 Å². The highest BCUT2D eigenvalue weighted by Crippen LogP contribution is 2.21. The Morgan fingerprint density at radius 2 is 1.87 bits per heavy atom. The Labute approximate surface area is 178 Å². The first-order valence-corrected chi connectivity index (χ1v) is 10.9. The number of ether oxygens (including phenoxy) is 2. The molecule has 6 nitrogen and oxygen atoms in total. The van der Waals surface area contributed by atoms with Crippen molar-refractivity contribution in [3.63, 3.8) is 0 Å². The first-order valence-electron chi connectivity index (χ1n) is 10.1. The van der Waals surface area contributed by atoms with Gasteiger partial charge in [0.2, 0.25) is 4.96 Å². The summed E-state index contributed by atoms with van der Waals surface area (Å²) in [7, 11) is 0. The minimum atomic E-state index is -0.181. The van der Waals surface area contributed by atoms with Crippen molar-refractivity contribution < 1.29 is 9.47 Å². The van der Waals surface area contributed by atoms with Crippen LogP contribution in [0.4, 0.5) is 0 Å². The van der Waals surface area contributed by atoms with E-state index in [2.05, 4.69) is 17.0 Å². The maximum absolute atomic E-state index is 12.8. The Bertz CT molecular complexity index is 1250. The zero-order chi connectivity index (χ0) is 20.9. The highest BCUT2D eigenvalue weighted by Gasteiger charge is 2.12. The van der Waals surface area contributed by atoms with Gasteiger partial charge in [-0.05, 0) is 49.8 Å². The van der Waals surface area contributed by atoms with Crippen LogP contribution in [0.3, 0.4) is 0 Å². The lowest BCUT2D eigenvalue weighted by atomic mass is 10.2. The van der Waals surface area contributed by atoms with Gasteiger partial charge in [-0.3, -0.25) is 4.79 Å². The molecular weight excluding hydrogens is 398 g/mol. The molecular formula is C23H23N3O3S. The fraction of sp³-hybridized carbons (Fsp3) is 0.261. The number of thiazole rings is 1. The second-order valence-electron chi connectivity index (χ2n) is 6.74. The number of rotatable bonds is 8. The van der Waals surface area contributed by atoms with Gasteiger partial charge in [-0.15, -0.1) is 5.10 Å². The van der Waals surface area contributed by atoms with Crippen LogP contribution in [0.1, 0.15) is 32.3 Å². The van der Waals surface area contributed by atoms with Crippen LogP contribution < -0.4 is 19.6 Å². The van der Waals surface area contributed by atoms with Crippen molar-refractivity contribution in [3.05, 3.63) is 69.0 Å². The van der Waals surface area contributed by atoms with E-state index in [9.17, 15) is 4.79 Å². The van der Waals surface area contributed by atoms with E-state index in [0.29, 0.717) is 28.5 Å². The highest BCUT2D eigenvalue weighted by atomic mass is 32.1. The molecule has 0 N–H and O–H groups in total. The van der Waals surface area contributed by atoms with Gasteiger partial charge < -0.3 is 9.47 Å². The second kappa shape index (κ2) is 9.09. The average molecular weight is 422 g/mol. The molecule has 154 valence electrons. The Morgan fingerprint density at radius 3 is 2.60 bits per heavy atom. The van der Waals surface area contributed by atoms with E-state index in [1.54, 1.807) is 0 Å². The largest absolute Gasteiger partial charge is 0.494 e. The van der Waals surface area contributed by atoms with Crippen LogP contribution >= 0.6 is 11.3 Å². The summed E-state index contributed by atoms with van der Waals surface area (Å²) < 4.78 is 13.3. The number of hydrogen-bond donors (Lipinski definition) is 0. The third-order valence-electron chi connectivity index (χ3n) is 4.57. The minimum absolute atomic E-state index is 0.181. The molecule has 0 aliphatic carbocycles. The van der Waals surface area contributed by atoms with Gasteiger partial charge >= 0.3 is 0 Å². The Balaban J connectivity index is 1.62. The third kappa shape index (κ3) is 4.21. The molecule has 7 heteroatoms. The van der Waals surface area contributed by atoms with Crippen LogP contribution in [-0.4, -0.2) is 27.8 Å². The number of unbranched alkanes of at least 4 members (excludes halogenated alkanes) is 1. The molecule has 0 amide bonds. The maximum atomic E-state index is 12.8. The van der Waals surface area contributed by atoms with Crippen molar-refractivity contribution >= 4 is 22.4 Å². The van der Waals surface area contributed by atoms with Gasteiger partial charge in [-0.2, -0.15) is 9.50 Å². The fourth-order valence-corrected chi connectivity index (χ4v) is 3.92. The van der Waals surface area contributed by atoms with Crippen LogP contribution in [0.25, 0.3) is 22.4 Å². The number of hydrogen-bond acceptors (Lipinski definition) is 6. The zero-order valence-corrected chi connectivity index (χ0v) is 17.8. The van der Waals surface area contributed by atoms with Crippen LogP contribution in [0, 0.1) is 0 Å². The predicted octanol–water partition coefficient (Wildman–Crippen LogP) is 3.94. The van der Waals surface area contributed by atoms with E-state index in [4.69, 9.17) is 9.47 Å². The molecule has 0 bridgehead atoms. The number of nitrogens with zero attached hydrogens (tertiary/aromatic N) is 3. The van der Waals surface area contributed by atoms with Gasteiger partial charge in [0.15, 0.2) is 5.82 Å². The van der Waals surface area contributed by atoms with Gasteiger partial charge in [0.05, 0.1) is 17.7 Å². The molecule has 0 radical (unpaired) electrons. The van der Waals surface area contributed by atoms with Crippen molar-refractivity contribution in [3.8, 4) is 22.9 Å². The van der Waals surface area contributed by atoms with Gasteiger partial charge in [0, 0.05) is 11.1 Å². The van der Waals surface area contributed by atoms with E-state index in [-0.39, 0.29) is 5.56 Å². The normalized spacial score (nSPS) is 11.9. The fourth-order valence-electron chi connectivity index (χ4n) is 3.02. The van der Waals surface area contributed by atoms with Gasteiger partial charge in [0.1, 0.15) is 11.5 Å². The van der Waals surface area contributed by atoms with Gasteiger partial charge in [-0.25, -0.2) is 0 Å². The van der Waals surface area contributed by atoms with Crippen LogP contribution in [0.15, 0.2) is 53.3 Å². The lowest BCUT2D eigenvalue weighted by Crippen LogP contribution is -2.23.